The number of fused-ring (bicyclic) bond motifs is 2. The van der Waals surface area contributed by atoms with Gasteiger partial charge in [-0.15, -0.1) is 0 Å². The van der Waals surface area contributed by atoms with E-state index in [1.165, 1.54) is 0 Å². The maximum atomic E-state index is 13.5. The van der Waals surface area contributed by atoms with Crippen LogP contribution in [0, 0.1) is 13.8 Å². The van der Waals surface area contributed by atoms with Gasteiger partial charge in [0.25, 0.3) is 5.91 Å². The molecule has 4 nitrogen and oxygen atoms in total. The Morgan fingerprint density at radius 1 is 0.867 bits per heavy atom. The summed E-state index contributed by atoms with van der Waals surface area (Å²) < 4.78 is 5.95. The van der Waals surface area contributed by atoms with Crippen LogP contribution in [-0.4, -0.2) is 5.91 Å². The van der Waals surface area contributed by atoms with Gasteiger partial charge >= 0.3 is 0 Å². The average Bonchev–Trinajstić information content (AvgIpc) is 3.03. The standard InChI is InChI=1S/C25H18ClNO3/c1-14-3-7-16(8-4-14)22-21-23(28)19-13-17(26)9-12-20(19)30-24(21)25(29)27(22)18-10-5-15(2)6-11-18/h3-13,22H,1-2H3. The molecule has 0 aliphatic carbocycles. The molecule has 1 aliphatic heterocycles. The summed E-state index contributed by atoms with van der Waals surface area (Å²) in [5, 5.41) is 0.818. The summed E-state index contributed by atoms with van der Waals surface area (Å²) in [4.78, 5) is 28.6. The van der Waals surface area contributed by atoms with E-state index in [-0.39, 0.29) is 17.1 Å². The number of aryl methyl sites for hydroxylation is 2. The van der Waals surface area contributed by atoms with Crippen molar-refractivity contribution in [2.24, 2.45) is 0 Å². The van der Waals surface area contributed by atoms with Gasteiger partial charge in [0.2, 0.25) is 5.76 Å². The second-order valence-corrected chi connectivity index (χ2v) is 8.07. The molecule has 0 spiro atoms. The van der Waals surface area contributed by atoms with Gasteiger partial charge in [-0.3, -0.25) is 14.5 Å². The summed E-state index contributed by atoms with van der Waals surface area (Å²) in [5.41, 5.74) is 4.21. The first-order valence-electron chi connectivity index (χ1n) is 9.67. The SMILES string of the molecule is Cc1ccc(C2c3c(oc4ccc(Cl)cc4c3=O)C(=O)N2c2ccc(C)cc2)cc1. The first-order chi connectivity index (χ1) is 14.4. The predicted octanol–water partition coefficient (Wildman–Crippen LogP) is 5.81. The minimum Gasteiger partial charge on any atom is -0.450 e. The van der Waals surface area contributed by atoms with Crippen molar-refractivity contribution in [3.05, 3.63) is 110 Å². The Labute approximate surface area is 178 Å². The molecule has 4 aromatic rings. The number of hydrogen-bond donors (Lipinski definition) is 0. The fourth-order valence-corrected chi connectivity index (χ4v) is 4.15. The summed E-state index contributed by atoms with van der Waals surface area (Å²) in [5.74, 6) is -0.241. The Hall–Kier alpha value is -3.37. The third kappa shape index (κ3) is 2.84. The highest BCUT2D eigenvalue weighted by Crippen LogP contribution is 2.41. The van der Waals surface area contributed by atoms with Crippen LogP contribution in [0.3, 0.4) is 0 Å². The van der Waals surface area contributed by atoms with E-state index >= 15 is 0 Å². The zero-order valence-electron chi connectivity index (χ0n) is 16.5. The van der Waals surface area contributed by atoms with Crippen LogP contribution in [0.15, 0.2) is 75.9 Å². The molecule has 0 saturated carbocycles. The molecule has 0 bridgehead atoms. The van der Waals surface area contributed by atoms with Crippen molar-refractivity contribution in [1.29, 1.82) is 0 Å². The van der Waals surface area contributed by atoms with Gasteiger partial charge in [-0.25, -0.2) is 0 Å². The highest BCUT2D eigenvalue weighted by atomic mass is 35.5. The monoisotopic (exact) mass is 415 g/mol. The molecule has 1 atom stereocenters. The third-order valence-corrected chi connectivity index (χ3v) is 5.77. The first-order valence-corrected chi connectivity index (χ1v) is 10.0. The van der Waals surface area contributed by atoms with Crippen LogP contribution in [0.5, 0.6) is 0 Å². The minimum atomic E-state index is -0.574. The van der Waals surface area contributed by atoms with E-state index in [2.05, 4.69) is 0 Å². The van der Waals surface area contributed by atoms with Crippen LogP contribution in [0.4, 0.5) is 5.69 Å². The van der Waals surface area contributed by atoms with E-state index in [1.807, 2.05) is 62.4 Å². The van der Waals surface area contributed by atoms with Crippen molar-refractivity contribution in [3.63, 3.8) is 0 Å². The molecule has 148 valence electrons. The number of nitrogens with zero attached hydrogens (tertiary/aromatic N) is 1. The number of anilines is 1. The summed E-state index contributed by atoms with van der Waals surface area (Å²) in [6.07, 6.45) is 0. The molecule has 1 aliphatic rings. The molecule has 1 unspecified atom stereocenters. The molecular formula is C25H18ClNO3. The lowest BCUT2D eigenvalue weighted by Gasteiger charge is -2.25. The third-order valence-electron chi connectivity index (χ3n) is 5.54. The zero-order chi connectivity index (χ0) is 21.0. The smallest absolute Gasteiger partial charge is 0.295 e. The number of halogens is 1. The van der Waals surface area contributed by atoms with Gasteiger partial charge in [0.1, 0.15) is 5.58 Å². The van der Waals surface area contributed by atoms with Crippen molar-refractivity contribution >= 4 is 34.2 Å². The van der Waals surface area contributed by atoms with Crippen molar-refractivity contribution in [2.45, 2.75) is 19.9 Å². The number of carbonyl (C=O) groups is 1. The van der Waals surface area contributed by atoms with E-state index < -0.39 is 6.04 Å². The van der Waals surface area contributed by atoms with Gasteiger partial charge in [0, 0.05) is 10.7 Å². The van der Waals surface area contributed by atoms with Crippen molar-refractivity contribution in [3.8, 4) is 0 Å². The fourth-order valence-electron chi connectivity index (χ4n) is 3.98. The number of rotatable bonds is 2. The summed E-state index contributed by atoms with van der Waals surface area (Å²) >= 11 is 6.12. The van der Waals surface area contributed by atoms with Crippen LogP contribution in [0.2, 0.25) is 5.02 Å². The maximum absolute atomic E-state index is 13.5. The van der Waals surface area contributed by atoms with Crippen LogP contribution in [0.25, 0.3) is 11.0 Å². The minimum absolute atomic E-state index is 0.0842. The van der Waals surface area contributed by atoms with Gasteiger partial charge in [-0.1, -0.05) is 59.1 Å². The average molecular weight is 416 g/mol. The molecule has 1 amide bonds. The molecule has 3 aromatic carbocycles. The Kier molecular flexibility index (Phi) is 4.26. The van der Waals surface area contributed by atoms with Crippen molar-refractivity contribution in [1.82, 2.24) is 0 Å². The number of benzene rings is 3. The van der Waals surface area contributed by atoms with Crippen LogP contribution >= 0.6 is 11.6 Å². The molecule has 0 saturated heterocycles. The highest BCUT2D eigenvalue weighted by molar-refractivity contribution is 6.31. The zero-order valence-corrected chi connectivity index (χ0v) is 17.2. The van der Waals surface area contributed by atoms with E-state index in [9.17, 15) is 9.59 Å². The lowest BCUT2D eigenvalue weighted by Crippen LogP contribution is -2.29. The van der Waals surface area contributed by atoms with Gasteiger partial charge in [-0.05, 0) is 49.7 Å². The second kappa shape index (κ2) is 6.85. The Balaban J connectivity index is 1.81. The lowest BCUT2D eigenvalue weighted by molar-refractivity contribution is 0.0971. The lowest BCUT2D eigenvalue weighted by atomic mass is 9.97. The molecule has 2 heterocycles. The topological polar surface area (TPSA) is 50.5 Å². The van der Waals surface area contributed by atoms with Crippen LogP contribution in [-0.2, 0) is 0 Å². The fraction of sp³-hybridized carbons (Fsp3) is 0.120. The largest absolute Gasteiger partial charge is 0.450 e. The second-order valence-electron chi connectivity index (χ2n) is 7.64. The summed E-state index contributed by atoms with van der Waals surface area (Å²) in [7, 11) is 0. The quantitative estimate of drug-likeness (QED) is 0.415. The van der Waals surface area contributed by atoms with E-state index in [0.29, 0.717) is 27.2 Å². The van der Waals surface area contributed by atoms with Crippen molar-refractivity contribution < 1.29 is 9.21 Å². The van der Waals surface area contributed by atoms with Crippen molar-refractivity contribution in [2.75, 3.05) is 4.90 Å². The van der Waals surface area contributed by atoms with E-state index in [1.54, 1.807) is 23.1 Å². The number of amides is 1. The number of carbonyl (C=O) groups excluding carboxylic acids is 1. The Morgan fingerprint density at radius 3 is 2.17 bits per heavy atom. The highest BCUT2D eigenvalue weighted by Gasteiger charge is 2.43. The predicted molar refractivity (Wildman–Crippen MR) is 119 cm³/mol. The molecule has 1 aromatic heterocycles. The molecule has 0 radical (unpaired) electrons. The maximum Gasteiger partial charge on any atom is 0.295 e. The Morgan fingerprint density at radius 2 is 1.50 bits per heavy atom. The Bertz CT molecular complexity index is 1350. The van der Waals surface area contributed by atoms with E-state index in [4.69, 9.17) is 16.0 Å². The molecule has 0 fully saturated rings. The molecule has 30 heavy (non-hydrogen) atoms. The van der Waals surface area contributed by atoms with Gasteiger partial charge < -0.3 is 4.42 Å². The van der Waals surface area contributed by atoms with E-state index in [0.717, 1.165) is 16.7 Å². The normalized spacial score (nSPS) is 15.6. The van der Waals surface area contributed by atoms with Gasteiger partial charge in [0.15, 0.2) is 5.43 Å². The number of hydrogen-bond acceptors (Lipinski definition) is 3. The summed E-state index contributed by atoms with van der Waals surface area (Å²) in [6, 6.07) is 19.8. The molecule has 5 rings (SSSR count). The first kappa shape index (κ1) is 18.6. The van der Waals surface area contributed by atoms with Crippen LogP contribution < -0.4 is 10.3 Å². The summed E-state index contributed by atoms with van der Waals surface area (Å²) in [6.45, 7) is 3.99. The van der Waals surface area contributed by atoms with Crippen LogP contribution in [0.1, 0.15) is 38.9 Å². The van der Waals surface area contributed by atoms with Gasteiger partial charge in [0.05, 0.1) is 17.0 Å². The molecule has 5 heteroatoms. The molecule has 0 N–H and O–H groups in total. The van der Waals surface area contributed by atoms with Gasteiger partial charge in [-0.2, -0.15) is 0 Å². The molecular weight excluding hydrogens is 398 g/mol.